The van der Waals surface area contributed by atoms with Crippen LogP contribution in [-0.2, 0) is 13.0 Å². The summed E-state index contributed by atoms with van der Waals surface area (Å²) >= 11 is 0. The number of aryl methyl sites for hydroxylation is 1. The average molecular weight is 245 g/mol. The smallest absolute Gasteiger partial charge is 0.308 e. The fraction of sp³-hybridized carbons (Fsp3) is 0.636. The van der Waals surface area contributed by atoms with Gasteiger partial charge in [0.25, 0.3) is 0 Å². The zero-order valence-corrected chi connectivity index (χ0v) is 9.51. The number of alkyl halides is 3. The Bertz CT molecular complexity index is 399. The molecular weight excluding hydrogens is 231 g/mol. The maximum Gasteiger partial charge on any atom is 0.396 e. The lowest BCUT2D eigenvalue weighted by molar-refractivity contribution is -0.128. The molecule has 0 spiro atoms. The maximum absolute atomic E-state index is 12.2. The van der Waals surface area contributed by atoms with Crippen LogP contribution >= 0.6 is 0 Å². The van der Waals surface area contributed by atoms with E-state index in [-0.39, 0.29) is 5.82 Å². The second-order valence-electron chi connectivity index (χ2n) is 4.36. The quantitative estimate of drug-likeness (QED) is 0.883. The molecule has 1 heterocycles. The van der Waals surface area contributed by atoms with E-state index in [0.717, 1.165) is 12.8 Å². The summed E-state index contributed by atoms with van der Waals surface area (Å²) in [6.45, 7) is 2.20. The minimum Gasteiger partial charge on any atom is -0.308 e. The molecule has 2 rings (SSSR count). The summed E-state index contributed by atoms with van der Waals surface area (Å²) in [5.41, 5.74) is 1.20. The van der Waals surface area contributed by atoms with Crippen molar-refractivity contribution in [2.24, 2.45) is 0 Å². The van der Waals surface area contributed by atoms with E-state index >= 15 is 0 Å². The summed E-state index contributed by atoms with van der Waals surface area (Å²) in [5.74, 6) is -0.148. The van der Waals surface area contributed by atoms with Crippen LogP contribution in [0.1, 0.15) is 30.1 Å². The summed E-state index contributed by atoms with van der Waals surface area (Å²) < 4.78 is 36.7. The molecule has 1 fully saturated rings. The Labute approximate surface area is 97.5 Å². The molecular formula is C11H14F3N3. The van der Waals surface area contributed by atoms with E-state index in [4.69, 9.17) is 0 Å². The van der Waals surface area contributed by atoms with Crippen LogP contribution in [0.25, 0.3) is 0 Å². The van der Waals surface area contributed by atoms with Gasteiger partial charge in [-0.25, -0.2) is 9.97 Å². The number of hydrogen-bond donors (Lipinski definition) is 1. The second kappa shape index (κ2) is 4.60. The summed E-state index contributed by atoms with van der Waals surface area (Å²) in [7, 11) is 0. The Morgan fingerprint density at radius 3 is 2.65 bits per heavy atom. The Kier molecular flexibility index (Phi) is 3.33. The van der Waals surface area contributed by atoms with Crippen molar-refractivity contribution in [3.05, 3.63) is 23.3 Å². The Morgan fingerprint density at radius 2 is 2.06 bits per heavy atom. The SMILES string of the molecule is Cc1cc(CNC2CC2)nc(CC(F)(F)F)n1. The van der Waals surface area contributed by atoms with Crippen LogP contribution in [0.3, 0.4) is 0 Å². The zero-order valence-electron chi connectivity index (χ0n) is 9.51. The maximum atomic E-state index is 12.2. The van der Waals surface area contributed by atoms with E-state index in [1.807, 2.05) is 0 Å². The molecule has 1 aromatic rings. The fourth-order valence-corrected chi connectivity index (χ4v) is 1.59. The van der Waals surface area contributed by atoms with Crippen LogP contribution in [0.2, 0.25) is 0 Å². The number of nitrogens with zero attached hydrogens (tertiary/aromatic N) is 2. The zero-order chi connectivity index (χ0) is 12.5. The number of hydrogen-bond acceptors (Lipinski definition) is 3. The Balaban J connectivity index is 2.04. The largest absolute Gasteiger partial charge is 0.396 e. The summed E-state index contributed by atoms with van der Waals surface area (Å²) in [5, 5.41) is 3.22. The van der Waals surface area contributed by atoms with E-state index < -0.39 is 12.6 Å². The van der Waals surface area contributed by atoms with E-state index in [1.165, 1.54) is 0 Å². The molecule has 1 aliphatic carbocycles. The lowest BCUT2D eigenvalue weighted by atomic mass is 10.3. The van der Waals surface area contributed by atoms with E-state index in [0.29, 0.717) is 24.0 Å². The first-order chi connectivity index (χ1) is 7.92. The van der Waals surface area contributed by atoms with Gasteiger partial charge in [0.1, 0.15) is 12.2 Å². The third-order valence-electron chi connectivity index (χ3n) is 2.46. The normalized spacial score (nSPS) is 16.2. The molecule has 1 aliphatic rings. The minimum atomic E-state index is -4.25. The van der Waals surface area contributed by atoms with Gasteiger partial charge in [0.05, 0.1) is 5.69 Å². The minimum absolute atomic E-state index is 0.148. The van der Waals surface area contributed by atoms with E-state index in [9.17, 15) is 13.2 Å². The molecule has 0 radical (unpaired) electrons. The van der Waals surface area contributed by atoms with Crippen molar-refractivity contribution in [3.63, 3.8) is 0 Å². The van der Waals surface area contributed by atoms with E-state index in [2.05, 4.69) is 15.3 Å². The predicted octanol–water partition coefficient (Wildman–Crippen LogP) is 2.14. The van der Waals surface area contributed by atoms with Crippen LogP contribution in [0.4, 0.5) is 13.2 Å². The van der Waals surface area contributed by atoms with Crippen LogP contribution < -0.4 is 5.32 Å². The van der Waals surface area contributed by atoms with Crippen molar-refractivity contribution in [2.45, 2.75) is 44.9 Å². The Morgan fingerprint density at radius 1 is 1.35 bits per heavy atom. The highest BCUT2D eigenvalue weighted by atomic mass is 19.4. The monoisotopic (exact) mass is 245 g/mol. The van der Waals surface area contributed by atoms with Crippen molar-refractivity contribution in [1.82, 2.24) is 15.3 Å². The first-order valence-corrected chi connectivity index (χ1v) is 5.56. The fourth-order valence-electron chi connectivity index (χ4n) is 1.59. The molecule has 94 valence electrons. The third-order valence-corrected chi connectivity index (χ3v) is 2.46. The number of aromatic nitrogens is 2. The molecule has 1 aromatic heterocycles. The molecule has 0 saturated heterocycles. The van der Waals surface area contributed by atoms with Crippen molar-refractivity contribution < 1.29 is 13.2 Å². The lowest BCUT2D eigenvalue weighted by Gasteiger charge is -2.08. The highest BCUT2D eigenvalue weighted by Gasteiger charge is 2.29. The van der Waals surface area contributed by atoms with Gasteiger partial charge in [0, 0.05) is 18.3 Å². The highest BCUT2D eigenvalue weighted by Crippen LogP contribution is 2.21. The predicted molar refractivity (Wildman–Crippen MR) is 56.4 cm³/mol. The van der Waals surface area contributed by atoms with Crippen molar-refractivity contribution >= 4 is 0 Å². The first-order valence-electron chi connectivity index (χ1n) is 5.56. The molecule has 6 heteroatoms. The van der Waals surface area contributed by atoms with Gasteiger partial charge in [-0.3, -0.25) is 0 Å². The standard InChI is InChI=1S/C11H14F3N3/c1-7-4-9(6-15-8-2-3-8)17-10(16-7)5-11(12,13)14/h4,8,15H,2-3,5-6H2,1H3. The third kappa shape index (κ3) is 4.30. The average Bonchev–Trinajstić information content (AvgIpc) is 2.94. The van der Waals surface area contributed by atoms with Crippen molar-refractivity contribution in [2.75, 3.05) is 0 Å². The molecule has 0 aliphatic heterocycles. The molecule has 1 saturated carbocycles. The van der Waals surface area contributed by atoms with Gasteiger partial charge in [-0.2, -0.15) is 13.2 Å². The molecule has 0 amide bonds. The molecule has 0 atom stereocenters. The van der Waals surface area contributed by atoms with Crippen molar-refractivity contribution in [3.8, 4) is 0 Å². The van der Waals surface area contributed by atoms with Crippen LogP contribution in [-0.4, -0.2) is 22.2 Å². The van der Waals surface area contributed by atoms with Gasteiger partial charge >= 0.3 is 6.18 Å². The number of halogens is 3. The molecule has 0 unspecified atom stereocenters. The van der Waals surface area contributed by atoms with Gasteiger partial charge in [-0.1, -0.05) is 0 Å². The van der Waals surface area contributed by atoms with Crippen LogP contribution in [0.15, 0.2) is 6.07 Å². The lowest BCUT2D eigenvalue weighted by Crippen LogP contribution is -2.19. The summed E-state index contributed by atoms with van der Waals surface area (Å²) in [6, 6.07) is 2.23. The summed E-state index contributed by atoms with van der Waals surface area (Å²) in [6.07, 6.45) is -3.04. The van der Waals surface area contributed by atoms with Gasteiger partial charge in [0.15, 0.2) is 0 Å². The van der Waals surface area contributed by atoms with Crippen LogP contribution in [0, 0.1) is 6.92 Å². The van der Waals surface area contributed by atoms with Gasteiger partial charge in [-0.15, -0.1) is 0 Å². The first kappa shape index (κ1) is 12.3. The van der Waals surface area contributed by atoms with E-state index in [1.54, 1.807) is 13.0 Å². The van der Waals surface area contributed by atoms with Gasteiger partial charge < -0.3 is 5.32 Å². The molecule has 0 bridgehead atoms. The number of nitrogens with one attached hydrogen (secondary N) is 1. The molecule has 1 N–H and O–H groups in total. The van der Waals surface area contributed by atoms with Gasteiger partial charge in [-0.05, 0) is 25.8 Å². The van der Waals surface area contributed by atoms with Crippen LogP contribution in [0.5, 0.6) is 0 Å². The molecule has 0 aromatic carbocycles. The molecule has 3 nitrogen and oxygen atoms in total. The molecule has 17 heavy (non-hydrogen) atoms. The van der Waals surface area contributed by atoms with Crippen molar-refractivity contribution in [1.29, 1.82) is 0 Å². The second-order valence-corrected chi connectivity index (χ2v) is 4.36. The highest BCUT2D eigenvalue weighted by molar-refractivity contribution is 5.11. The van der Waals surface area contributed by atoms with Gasteiger partial charge in [0.2, 0.25) is 0 Å². The topological polar surface area (TPSA) is 37.8 Å². The summed E-state index contributed by atoms with van der Waals surface area (Å²) in [4.78, 5) is 7.73. The Hall–Kier alpha value is -1.17. The number of rotatable bonds is 4.